The fraction of sp³-hybridized carbons (Fsp3) is 0.308. The third-order valence-corrected chi connectivity index (χ3v) is 3.57. The van der Waals surface area contributed by atoms with E-state index in [2.05, 4.69) is 10.2 Å². The molecule has 0 saturated carbocycles. The van der Waals surface area contributed by atoms with Crippen LogP contribution in [-0.2, 0) is 11.3 Å². The Hall–Kier alpha value is -1.92. The van der Waals surface area contributed by atoms with E-state index >= 15 is 0 Å². The SMILES string of the molecule is O=C(O)C1CN(Cc2nnc(-c3ccccc3Cl)o2)C1. The van der Waals surface area contributed by atoms with Crippen LogP contribution in [0.4, 0.5) is 0 Å². The monoisotopic (exact) mass is 293 g/mol. The number of carboxylic acid groups (broad SMARTS) is 1. The van der Waals surface area contributed by atoms with E-state index in [4.69, 9.17) is 21.1 Å². The number of nitrogens with zero attached hydrogens (tertiary/aromatic N) is 3. The van der Waals surface area contributed by atoms with Gasteiger partial charge in [-0.05, 0) is 12.1 Å². The van der Waals surface area contributed by atoms with E-state index in [0.717, 1.165) is 0 Å². The largest absolute Gasteiger partial charge is 0.481 e. The Balaban J connectivity index is 1.66. The lowest BCUT2D eigenvalue weighted by Crippen LogP contribution is -2.49. The van der Waals surface area contributed by atoms with Crippen molar-refractivity contribution in [2.75, 3.05) is 13.1 Å². The predicted octanol–water partition coefficient (Wildman–Crippen LogP) is 1.91. The predicted molar refractivity (Wildman–Crippen MR) is 71.1 cm³/mol. The van der Waals surface area contributed by atoms with Crippen molar-refractivity contribution in [1.29, 1.82) is 0 Å². The van der Waals surface area contributed by atoms with E-state index in [-0.39, 0.29) is 5.92 Å². The van der Waals surface area contributed by atoms with Crippen LogP contribution in [0.25, 0.3) is 11.5 Å². The van der Waals surface area contributed by atoms with Gasteiger partial charge in [0.2, 0.25) is 11.8 Å². The third kappa shape index (κ3) is 2.52. The molecular formula is C13H12ClN3O3. The first-order valence-electron chi connectivity index (χ1n) is 6.16. The van der Waals surface area contributed by atoms with Crippen molar-refractivity contribution in [1.82, 2.24) is 15.1 Å². The van der Waals surface area contributed by atoms with Gasteiger partial charge in [0.15, 0.2) is 0 Å². The van der Waals surface area contributed by atoms with Gasteiger partial charge < -0.3 is 9.52 Å². The molecule has 2 aromatic rings. The van der Waals surface area contributed by atoms with Gasteiger partial charge in [-0.3, -0.25) is 9.69 Å². The number of rotatable bonds is 4. The maximum atomic E-state index is 10.7. The molecule has 0 radical (unpaired) electrons. The average molecular weight is 294 g/mol. The first-order chi connectivity index (χ1) is 9.63. The molecule has 1 aliphatic heterocycles. The van der Waals surface area contributed by atoms with Crippen LogP contribution in [0.15, 0.2) is 28.7 Å². The molecule has 1 fully saturated rings. The zero-order valence-corrected chi connectivity index (χ0v) is 11.2. The lowest BCUT2D eigenvalue weighted by atomic mass is 10.0. The molecule has 1 N–H and O–H groups in total. The second-order valence-corrected chi connectivity index (χ2v) is 5.12. The minimum absolute atomic E-state index is 0.291. The van der Waals surface area contributed by atoms with Gasteiger partial charge in [-0.2, -0.15) is 0 Å². The highest BCUT2D eigenvalue weighted by molar-refractivity contribution is 6.33. The summed E-state index contributed by atoms with van der Waals surface area (Å²) in [6.07, 6.45) is 0. The maximum absolute atomic E-state index is 10.7. The highest BCUT2D eigenvalue weighted by Gasteiger charge is 2.33. The summed E-state index contributed by atoms with van der Waals surface area (Å²) in [5, 5.41) is 17.3. The highest BCUT2D eigenvalue weighted by atomic mass is 35.5. The van der Waals surface area contributed by atoms with Crippen molar-refractivity contribution in [2.45, 2.75) is 6.54 Å². The van der Waals surface area contributed by atoms with Gasteiger partial charge in [0.25, 0.3) is 0 Å². The third-order valence-electron chi connectivity index (χ3n) is 3.24. The number of hydrogen-bond donors (Lipinski definition) is 1. The molecule has 0 spiro atoms. The van der Waals surface area contributed by atoms with Crippen LogP contribution in [0.1, 0.15) is 5.89 Å². The van der Waals surface area contributed by atoms with Crippen molar-refractivity contribution in [3.8, 4) is 11.5 Å². The smallest absolute Gasteiger partial charge is 0.309 e. The van der Waals surface area contributed by atoms with E-state index in [1.165, 1.54) is 0 Å². The van der Waals surface area contributed by atoms with Crippen LogP contribution in [0, 0.1) is 5.92 Å². The van der Waals surface area contributed by atoms with Crippen LogP contribution in [0.5, 0.6) is 0 Å². The molecule has 0 bridgehead atoms. The number of carboxylic acids is 1. The lowest BCUT2D eigenvalue weighted by molar-refractivity contribution is -0.147. The molecule has 0 aliphatic carbocycles. The standard InChI is InChI=1S/C13H12ClN3O3/c14-10-4-2-1-3-9(10)12-16-15-11(20-12)7-17-5-8(6-17)13(18)19/h1-4,8H,5-7H2,(H,18,19). The highest BCUT2D eigenvalue weighted by Crippen LogP contribution is 2.27. The molecule has 6 nitrogen and oxygen atoms in total. The molecule has 20 heavy (non-hydrogen) atoms. The summed E-state index contributed by atoms with van der Waals surface area (Å²) in [5.41, 5.74) is 0.694. The molecule has 2 heterocycles. The van der Waals surface area contributed by atoms with E-state index in [1.807, 2.05) is 23.1 Å². The minimum Gasteiger partial charge on any atom is -0.481 e. The molecule has 104 valence electrons. The quantitative estimate of drug-likeness (QED) is 0.927. The van der Waals surface area contributed by atoms with E-state index < -0.39 is 5.97 Å². The first-order valence-corrected chi connectivity index (χ1v) is 6.53. The average Bonchev–Trinajstić information content (AvgIpc) is 2.81. The number of hydrogen-bond acceptors (Lipinski definition) is 5. The van der Waals surface area contributed by atoms with Gasteiger partial charge in [-0.15, -0.1) is 10.2 Å². The summed E-state index contributed by atoms with van der Waals surface area (Å²) < 4.78 is 5.56. The Morgan fingerprint density at radius 2 is 2.15 bits per heavy atom. The van der Waals surface area contributed by atoms with E-state index in [0.29, 0.717) is 42.0 Å². The number of aromatic nitrogens is 2. The Labute approximate surface area is 120 Å². The van der Waals surface area contributed by atoms with Gasteiger partial charge >= 0.3 is 5.97 Å². The van der Waals surface area contributed by atoms with E-state index in [1.54, 1.807) is 6.07 Å². The Kier molecular flexibility index (Phi) is 3.42. The molecule has 7 heteroatoms. The van der Waals surface area contributed by atoms with Crippen molar-refractivity contribution in [2.24, 2.45) is 5.92 Å². The van der Waals surface area contributed by atoms with Crippen molar-refractivity contribution >= 4 is 17.6 Å². The zero-order chi connectivity index (χ0) is 14.1. The van der Waals surface area contributed by atoms with Crippen LogP contribution < -0.4 is 0 Å². The van der Waals surface area contributed by atoms with Gasteiger partial charge in [0, 0.05) is 13.1 Å². The van der Waals surface area contributed by atoms with Gasteiger partial charge in [0.1, 0.15) is 0 Å². The Morgan fingerprint density at radius 3 is 2.85 bits per heavy atom. The number of benzene rings is 1. The summed E-state index contributed by atoms with van der Waals surface area (Å²) >= 11 is 6.06. The van der Waals surface area contributed by atoms with Crippen LogP contribution in [0.3, 0.4) is 0 Å². The number of carbonyl (C=O) groups is 1. The van der Waals surface area contributed by atoms with Crippen LogP contribution in [0.2, 0.25) is 5.02 Å². The molecule has 1 aromatic heterocycles. The summed E-state index contributed by atoms with van der Waals surface area (Å²) in [5.74, 6) is -0.214. The molecule has 0 unspecified atom stereocenters. The Bertz CT molecular complexity index is 637. The molecule has 0 amide bonds. The fourth-order valence-corrected chi connectivity index (χ4v) is 2.32. The summed E-state index contributed by atoms with van der Waals surface area (Å²) in [6.45, 7) is 1.49. The second-order valence-electron chi connectivity index (χ2n) is 4.71. The van der Waals surface area contributed by atoms with Gasteiger partial charge in [0.05, 0.1) is 23.0 Å². The van der Waals surface area contributed by atoms with E-state index in [9.17, 15) is 4.79 Å². The van der Waals surface area contributed by atoms with Gasteiger partial charge in [-0.1, -0.05) is 23.7 Å². The van der Waals surface area contributed by atoms with Crippen molar-refractivity contribution in [3.05, 3.63) is 35.2 Å². The molecular weight excluding hydrogens is 282 g/mol. The molecule has 0 atom stereocenters. The number of likely N-dealkylation sites (tertiary alicyclic amines) is 1. The van der Waals surface area contributed by atoms with Crippen molar-refractivity contribution in [3.63, 3.8) is 0 Å². The molecule has 1 saturated heterocycles. The summed E-state index contributed by atoms with van der Waals surface area (Å²) in [6, 6.07) is 7.24. The van der Waals surface area contributed by atoms with Crippen molar-refractivity contribution < 1.29 is 14.3 Å². The lowest BCUT2D eigenvalue weighted by Gasteiger charge is -2.35. The number of halogens is 1. The number of aliphatic carboxylic acids is 1. The first kappa shape index (κ1) is 13.1. The summed E-state index contributed by atoms with van der Waals surface area (Å²) in [4.78, 5) is 12.7. The zero-order valence-electron chi connectivity index (χ0n) is 10.5. The van der Waals surface area contributed by atoms with Crippen LogP contribution in [-0.4, -0.2) is 39.3 Å². The molecule has 1 aromatic carbocycles. The molecule has 1 aliphatic rings. The summed E-state index contributed by atoms with van der Waals surface area (Å²) in [7, 11) is 0. The Morgan fingerprint density at radius 1 is 1.40 bits per heavy atom. The van der Waals surface area contributed by atoms with Gasteiger partial charge in [-0.25, -0.2) is 0 Å². The maximum Gasteiger partial charge on any atom is 0.309 e. The molecule has 3 rings (SSSR count). The van der Waals surface area contributed by atoms with Crippen LogP contribution >= 0.6 is 11.6 Å². The second kappa shape index (κ2) is 5.22. The fourth-order valence-electron chi connectivity index (χ4n) is 2.11. The minimum atomic E-state index is -0.761. The topological polar surface area (TPSA) is 79.5 Å². The normalized spacial score (nSPS) is 16.1.